The van der Waals surface area contributed by atoms with Gasteiger partial charge in [0.15, 0.2) is 0 Å². The molecule has 0 aliphatic carbocycles. The van der Waals surface area contributed by atoms with E-state index in [4.69, 9.17) is 10.5 Å². The predicted molar refractivity (Wildman–Crippen MR) is 91.3 cm³/mol. The smallest absolute Gasteiger partial charge is 0.251 e. The Morgan fingerprint density at radius 1 is 1.09 bits per heavy atom. The molecule has 0 spiro atoms. The zero-order valence-corrected chi connectivity index (χ0v) is 12.7. The van der Waals surface area contributed by atoms with Crippen molar-refractivity contribution in [2.75, 3.05) is 12.3 Å². The number of hydrogen-bond donors (Lipinski definition) is 2. The molecule has 3 rings (SSSR count). The number of nitrogens with two attached hydrogens (primary N) is 1. The van der Waals surface area contributed by atoms with Crippen LogP contribution in [0, 0.1) is 0 Å². The van der Waals surface area contributed by atoms with Gasteiger partial charge in [0.1, 0.15) is 11.6 Å². The van der Waals surface area contributed by atoms with Gasteiger partial charge in [-0.05, 0) is 25.1 Å². The minimum Gasteiger partial charge on any atom is -0.492 e. The molecule has 0 amide bonds. The summed E-state index contributed by atoms with van der Waals surface area (Å²) < 4.78 is 5.43. The number of rotatable bonds is 4. The second-order valence-corrected chi connectivity index (χ2v) is 5.03. The van der Waals surface area contributed by atoms with E-state index in [1.807, 2.05) is 43.3 Å². The SMILES string of the molecule is CCOc1ccc(-c2cc(=O)[nH]c(-c3ccccc3)n2)cc1N. The number of ether oxygens (including phenoxy) is 1. The molecular formula is C18H17N3O2. The molecular weight excluding hydrogens is 290 g/mol. The number of nitrogens with one attached hydrogen (secondary N) is 1. The summed E-state index contributed by atoms with van der Waals surface area (Å²) in [6.07, 6.45) is 0. The molecule has 2 aromatic carbocycles. The Labute approximate surface area is 133 Å². The Morgan fingerprint density at radius 2 is 1.87 bits per heavy atom. The monoisotopic (exact) mass is 307 g/mol. The fourth-order valence-electron chi connectivity index (χ4n) is 2.33. The molecule has 23 heavy (non-hydrogen) atoms. The lowest BCUT2D eigenvalue weighted by Gasteiger charge is -2.09. The van der Waals surface area contributed by atoms with Crippen molar-refractivity contribution in [2.45, 2.75) is 6.92 Å². The topological polar surface area (TPSA) is 81.0 Å². The number of nitrogens with zero attached hydrogens (tertiary/aromatic N) is 1. The summed E-state index contributed by atoms with van der Waals surface area (Å²) in [4.78, 5) is 19.3. The van der Waals surface area contributed by atoms with Crippen LogP contribution in [0.15, 0.2) is 59.4 Å². The quantitative estimate of drug-likeness (QED) is 0.726. The first-order chi connectivity index (χ1) is 11.2. The fourth-order valence-corrected chi connectivity index (χ4v) is 2.33. The van der Waals surface area contributed by atoms with E-state index in [-0.39, 0.29) is 5.56 Å². The lowest BCUT2D eigenvalue weighted by Crippen LogP contribution is -2.08. The molecule has 1 heterocycles. The van der Waals surface area contributed by atoms with Crippen LogP contribution in [0.4, 0.5) is 5.69 Å². The van der Waals surface area contributed by atoms with Gasteiger partial charge in [-0.3, -0.25) is 4.79 Å². The van der Waals surface area contributed by atoms with Gasteiger partial charge in [-0.1, -0.05) is 30.3 Å². The number of benzene rings is 2. The van der Waals surface area contributed by atoms with Crippen LogP contribution in [-0.4, -0.2) is 16.6 Å². The minimum atomic E-state index is -0.207. The maximum absolute atomic E-state index is 12.0. The van der Waals surface area contributed by atoms with E-state index >= 15 is 0 Å². The van der Waals surface area contributed by atoms with Gasteiger partial charge >= 0.3 is 0 Å². The van der Waals surface area contributed by atoms with Crippen molar-refractivity contribution in [3.63, 3.8) is 0 Å². The molecule has 0 atom stereocenters. The molecule has 0 aliphatic rings. The van der Waals surface area contributed by atoms with Crippen molar-refractivity contribution in [3.05, 3.63) is 65.0 Å². The summed E-state index contributed by atoms with van der Waals surface area (Å²) >= 11 is 0. The van der Waals surface area contributed by atoms with E-state index < -0.39 is 0 Å². The highest BCUT2D eigenvalue weighted by Crippen LogP contribution is 2.28. The summed E-state index contributed by atoms with van der Waals surface area (Å²) in [5.41, 5.74) is 8.50. The second kappa shape index (κ2) is 6.36. The molecule has 0 unspecified atom stereocenters. The van der Waals surface area contributed by atoms with Gasteiger partial charge in [-0.25, -0.2) is 4.98 Å². The Hall–Kier alpha value is -3.08. The van der Waals surface area contributed by atoms with Crippen molar-refractivity contribution in [1.29, 1.82) is 0 Å². The number of aromatic amines is 1. The first-order valence-corrected chi connectivity index (χ1v) is 7.37. The Balaban J connectivity index is 2.05. The van der Waals surface area contributed by atoms with Crippen LogP contribution in [0.3, 0.4) is 0 Å². The third kappa shape index (κ3) is 3.23. The molecule has 0 fully saturated rings. The summed E-state index contributed by atoms with van der Waals surface area (Å²) in [6, 6.07) is 16.4. The average molecular weight is 307 g/mol. The Kier molecular flexibility index (Phi) is 4.10. The van der Waals surface area contributed by atoms with Crippen molar-refractivity contribution in [1.82, 2.24) is 9.97 Å². The van der Waals surface area contributed by atoms with Crippen LogP contribution in [-0.2, 0) is 0 Å². The third-order valence-electron chi connectivity index (χ3n) is 3.39. The van der Waals surface area contributed by atoms with Gasteiger partial charge < -0.3 is 15.5 Å². The second-order valence-electron chi connectivity index (χ2n) is 5.03. The van der Waals surface area contributed by atoms with Crippen molar-refractivity contribution in [3.8, 4) is 28.4 Å². The van der Waals surface area contributed by atoms with Crippen molar-refractivity contribution >= 4 is 5.69 Å². The van der Waals surface area contributed by atoms with Gasteiger partial charge in [0.2, 0.25) is 0 Å². The highest BCUT2D eigenvalue weighted by Gasteiger charge is 2.08. The van der Waals surface area contributed by atoms with Gasteiger partial charge in [0.25, 0.3) is 5.56 Å². The molecule has 116 valence electrons. The first-order valence-electron chi connectivity index (χ1n) is 7.37. The molecule has 5 nitrogen and oxygen atoms in total. The normalized spacial score (nSPS) is 10.5. The molecule has 3 N–H and O–H groups in total. The number of anilines is 1. The van der Waals surface area contributed by atoms with Crippen LogP contribution in [0.25, 0.3) is 22.6 Å². The third-order valence-corrected chi connectivity index (χ3v) is 3.39. The summed E-state index contributed by atoms with van der Waals surface area (Å²) in [7, 11) is 0. The van der Waals surface area contributed by atoms with E-state index in [0.29, 0.717) is 29.6 Å². The molecule has 0 radical (unpaired) electrons. The lowest BCUT2D eigenvalue weighted by molar-refractivity contribution is 0.342. The molecule has 5 heteroatoms. The molecule has 0 aliphatic heterocycles. The predicted octanol–water partition coefficient (Wildman–Crippen LogP) is 3.08. The molecule has 0 bridgehead atoms. The molecule has 0 saturated heterocycles. The zero-order valence-electron chi connectivity index (χ0n) is 12.7. The van der Waals surface area contributed by atoms with Gasteiger partial charge in [-0.2, -0.15) is 0 Å². The number of H-pyrrole nitrogens is 1. The van der Waals surface area contributed by atoms with Crippen LogP contribution in [0.1, 0.15) is 6.92 Å². The molecule has 3 aromatic rings. The summed E-state index contributed by atoms with van der Waals surface area (Å²) in [6.45, 7) is 2.45. The Morgan fingerprint density at radius 3 is 2.57 bits per heavy atom. The van der Waals surface area contributed by atoms with Crippen LogP contribution in [0.5, 0.6) is 5.75 Å². The molecule has 1 aromatic heterocycles. The largest absolute Gasteiger partial charge is 0.492 e. The first kappa shape index (κ1) is 14.8. The fraction of sp³-hybridized carbons (Fsp3) is 0.111. The molecule has 0 saturated carbocycles. The maximum Gasteiger partial charge on any atom is 0.251 e. The zero-order chi connectivity index (χ0) is 16.2. The highest BCUT2D eigenvalue weighted by molar-refractivity contribution is 5.69. The highest BCUT2D eigenvalue weighted by atomic mass is 16.5. The number of hydrogen-bond acceptors (Lipinski definition) is 4. The number of nitrogen functional groups attached to an aromatic ring is 1. The number of aromatic nitrogens is 2. The van der Waals surface area contributed by atoms with Crippen molar-refractivity contribution in [2.24, 2.45) is 0 Å². The van der Waals surface area contributed by atoms with E-state index in [0.717, 1.165) is 11.1 Å². The minimum absolute atomic E-state index is 0.207. The van der Waals surface area contributed by atoms with Crippen LogP contribution in [0.2, 0.25) is 0 Å². The van der Waals surface area contributed by atoms with Gasteiger partial charge in [0.05, 0.1) is 18.0 Å². The standard InChI is InChI=1S/C18H17N3O2/c1-2-23-16-9-8-13(10-14(16)19)15-11-17(22)21-18(20-15)12-6-4-3-5-7-12/h3-11H,2,19H2,1H3,(H,20,21,22). The van der Waals surface area contributed by atoms with E-state index in [1.54, 1.807) is 12.1 Å². The van der Waals surface area contributed by atoms with E-state index in [9.17, 15) is 4.79 Å². The van der Waals surface area contributed by atoms with Crippen LogP contribution >= 0.6 is 0 Å². The lowest BCUT2D eigenvalue weighted by atomic mass is 10.1. The van der Waals surface area contributed by atoms with E-state index in [2.05, 4.69) is 9.97 Å². The maximum atomic E-state index is 12.0. The Bertz CT molecular complexity index is 873. The average Bonchev–Trinajstić information content (AvgIpc) is 2.57. The summed E-state index contributed by atoms with van der Waals surface area (Å²) in [5.74, 6) is 1.16. The summed E-state index contributed by atoms with van der Waals surface area (Å²) in [5, 5.41) is 0. The van der Waals surface area contributed by atoms with E-state index in [1.165, 1.54) is 6.07 Å². The van der Waals surface area contributed by atoms with Gasteiger partial charge in [-0.15, -0.1) is 0 Å². The van der Waals surface area contributed by atoms with Crippen LogP contribution < -0.4 is 16.0 Å². The van der Waals surface area contributed by atoms with Crippen molar-refractivity contribution < 1.29 is 4.74 Å². The van der Waals surface area contributed by atoms with Gasteiger partial charge in [0, 0.05) is 17.2 Å².